The Labute approximate surface area is 234 Å². The zero-order valence-electron chi connectivity index (χ0n) is 22.5. The molecule has 0 bridgehead atoms. The van der Waals surface area contributed by atoms with Crippen molar-refractivity contribution in [3.63, 3.8) is 0 Å². The molecule has 1 aliphatic heterocycles. The van der Waals surface area contributed by atoms with Crippen LogP contribution in [-0.2, 0) is 11.4 Å². The van der Waals surface area contributed by atoms with Crippen LogP contribution in [0.1, 0.15) is 29.8 Å². The van der Waals surface area contributed by atoms with Crippen molar-refractivity contribution < 1.29 is 9.53 Å². The standard InChI is InChI=1S/C32H31ClN4O2/c1-22-13-15-27(16-14-22)37-32(28-10-6-8-12-30(28)39-21-24-9-5-7-11-29(24)33)36(31(34-37)23(2)38)26-19-17-25(18-20-26)35(3)4/h5-20,32H,21H2,1-4H3/t32-/m1/s1. The van der Waals surface area contributed by atoms with Gasteiger partial charge < -0.3 is 9.64 Å². The Morgan fingerprint density at radius 2 is 1.54 bits per heavy atom. The number of ketones is 1. The van der Waals surface area contributed by atoms with Gasteiger partial charge in [-0.05, 0) is 55.5 Å². The van der Waals surface area contributed by atoms with Crippen LogP contribution in [0, 0.1) is 6.92 Å². The highest BCUT2D eigenvalue weighted by Crippen LogP contribution is 2.42. The average molecular weight is 539 g/mol. The van der Waals surface area contributed by atoms with Gasteiger partial charge in [-0.25, -0.2) is 5.01 Å². The molecule has 0 saturated carbocycles. The molecule has 0 unspecified atom stereocenters. The minimum Gasteiger partial charge on any atom is -0.488 e. The highest BCUT2D eigenvalue weighted by Gasteiger charge is 2.40. The molecule has 198 valence electrons. The van der Waals surface area contributed by atoms with Crippen LogP contribution in [0.5, 0.6) is 5.75 Å². The number of hydrazone groups is 1. The quantitative estimate of drug-likeness (QED) is 0.237. The first-order valence-corrected chi connectivity index (χ1v) is 13.2. The molecule has 0 amide bonds. The molecule has 1 atom stereocenters. The van der Waals surface area contributed by atoms with Crippen molar-refractivity contribution in [1.82, 2.24) is 0 Å². The molecule has 1 heterocycles. The summed E-state index contributed by atoms with van der Waals surface area (Å²) in [4.78, 5) is 17.0. The fourth-order valence-electron chi connectivity index (χ4n) is 4.61. The first-order valence-electron chi connectivity index (χ1n) is 12.8. The van der Waals surface area contributed by atoms with Gasteiger partial charge in [0.1, 0.15) is 12.4 Å². The predicted octanol–water partition coefficient (Wildman–Crippen LogP) is 7.22. The van der Waals surface area contributed by atoms with Gasteiger partial charge in [-0.15, -0.1) is 5.10 Å². The van der Waals surface area contributed by atoms with E-state index in [-0.39, 0.29) is 5.78 Å². The van der Waals surface area contributed by atoms with E-state index in [0.717, 1.165) is 33.8 Å². The molecule has 1 aliphatic rings. The lowest BCUT2D eigenvalue weighted by atomic mass is 10.1. The van der Waals surface area contributed by atoms with Gasteiger partial charge in [0.15, 0.2) is 17.8 Å². The van der Waals surface area contributed by atoms with Gasteiger partial charge >= 0.3 is 0 Å². The second-order valence-electron chi connectivity index (χ2n) is 9.73. The molecule has 0 fully saturated rings. The van der Waals surface area contributed by atoms with E-state index in [1.165, 1.54) is 0 Å². The minimum atomic E-state index is -0.459. The SMILES string of the molecule is CC(=O)C1=NN(c2ccc(C)cc2)[C@H](c2ccccc2OCc2ccccc2Cl)N1c1ccc(N(C)C)cc1. The van der Waals surface area contributed by atoms with Crippen LogP contribution in [0.4, 0.5) is 17.1 Å². The highest BCUT2D eigenvalue weighted by atomic mass is 35.5. The molecule has 0 spiro atoms. The van der Waals surface area contributed by atoms with Gasteiger partial charge in [0.2, 0.25) is 0 Å². The maximum Gasteiger partial charge on any atom is 0.198 e. The number of aryl methyl sites for hydroxylation is 1. The van der Waals surface area contributed by atoms with E-state index in [9.17, 15) is 4.79 Å². The van der Waals surface area contributed by atoms with Crippen LogP contribution in [0.25, 0.3) is 0 Å². The van der Waals surface area contributed by atoms with Crippen LogP contribution >= 0.6 is 11.6 Å². The van der Waals surface area contributed by atoms with Crippen LogP contribution in [0.2, 0.25) is 5.02 Å². The Morgan fingerprint density at radius 3 is 2.21 bits per heavy atom. The number of benzene rings is 4. The van der Waals surface area contributed by atoms with Crippen LogP contribution < -0.4 is 19.5 Å². The summed E-state index contributed by atoms with van der Waals surface area (Å²) < 4.78 is 6.37. The molecule has 6 nitrogen and oxygen atoms in total. The summed E-state index contributed by atoms with van der Waals surface area (Å²) in [5, 5.41) is 7.42. The number of Topliss-reactive ketones (excluding diaryl/α,β-unsaturated/α-hetero) is 1. The minimum absolute atomic E-state index is 0.124. The lowest BCUT2D eigenvalue weighted by molar-refractivity contribution is -0.111. The monoisotopic (exact) mass is 538 g/mol. The van der Waals surface area contributed by atoms with Crippen LogP contribution in [-0.4, -0.2) is 25.7 Å². The lowest BCUT2D eigenvalue weighted by Crippen LogP contribution is -2.38. The van der Waals surface area contributed by atoms with Crippen LogP contribution in [0.3, 0.4) is 0 Å². The first-order chi connectivity index (χ1) is 18.8. The number of carbonyl (C=O) groups is 1. The summed E-state index contributed by atoms with van der Waals surface area (Å²) in [5.74, 6) is 0.925. The van der Waals surface area contributed by atoms with Crippen molar-refractivity contribution in [3.05, 3.63) is 119 Å². The van der Waals surface area contributed by atoms with Crippen molar-refractivity contribution in [2.24, 2.45) is 5.10 Å². The Morgan fingerprint density at radius 1 is 0.897 bits per heavy atom. The van der Waals surface area contributed by atoms with E-state index in [2.05, 4.69) is 0 Å². The zero-order valence-corrected chi connectivity index (χ0v) is 23.3. The average Bonchev–Trinajstić information content (AvgIpc) is 3.34. The maximum atomic E-state index is 13.0. The molecule has 4 aromatic carbocycles. The van der Waals surface area contributed by atoms with Gasteiger partial charge in [-0.1, -0.05) is 65.7 Å². The Balaban J connectivity index is 1.62. The number of nitrogens with zero attached hydrogens (tertiary/aromatic N) is 4. The summed E-state index contributed by atoms with van der Waals surface area (Å²) in [6.07, 6.45) is -0.459. The number of ether oxygens (including phenoxy) is 1. The normalized spacial score (nSPS) is 14.8. The second-order valence-corrected chi connectivity index (χ2v) is 10.1. The number of para-hydroxylation sites is 1. The molecular formula is C32H31ClN4O2. The Bertz CT molecular complexity index is 1500. The molecule has 0 aliphatic carbocycles. The van der Waals surface area contributed by atoms with E-state index >= 15 is 0 Å². The van der Waals surface area contributed by atoms with Gasteiger partial charge in [0.25, 0.3) is 0 Å². The van der Waals surface area contributed by atoms with Crippen molar-refractivity contribution in [3.8, 4) is 5.75 Å². The third-order valence-electron chi connectivity index (χ3n) is 6.70. The summed E-state index contributed by atoms with van der Waals surface area (Å²) >= 11 is 6.41. The predicted molar refractivity (Wildman–Crippen MR) is 160 cm³/mol. The molecular weight excluding hydrogens is 508 g/mol. The number of anilines is 3. The van der Waals surface area contributed by atoms with Gasteiger partial charge in [0, 0.05) is 48.5 Å². The second kappa shape index (κ2) is 11.2. The number of amidine groups is 1. The van der Waals surface area contributed by atoms with Gasteiger partial charge in [-0.3, -0.25) is 9.69 Å². The third-order valence-corrected chi connectivity index (χ3v) is 7.07. The Hall–Kier alpha value is -4.29. The smallest absolute Gasteiger partial charge is 0.198 e. The van der Waals surface area contributed by atoms with Gasteiger partial charge in [-0.2, -0.15) is 0 Å². The summed E-state index contributed by atoms with van der Waals surface area (Å²) in [7, 11) is 4.00. The summed E-state index contributed by atoms with van der Waals surface area (Å²) in [5.41, 5.74) is 5.71. The van der Waals surface area contributed by atoms with E-state index in [1.807, 2.05) is 133 Å². The van der Waals surface area contributed by atoms with E-state index in [4.69, 9.17) is 21.4 Å². The molecule has 5 rings (SSSR count). The largest absolute Gasteiger partial charge is 0.488 e. The molecule has 0 saturated heterocycles. The summed E-state index contributed by atoms with van der Waals surface area (Å²) in [6.45, 7) is 3.91. The molecule has 7 heteroatoms. The van der Waals surface area contributed by atoms with Crippen molar-refractivity contribution in [2.45, 2.75) is 26.6 Å². The van der Waals surface area contributed by atoms with Crippen molar-refractivity contribution >= 4 is 40.3 Å². The number of hydrogen-bond donors (Lipinski definition) is 0. The molecule has 0 N–H and O–H groups in total. The number of hydrogen-bond acceptors (Lipinski definition) is 6. The fraction of sp³-hybridized carbons (Fsp3) is 0.188. The van der Waals surface area contributed by atoms with E-state index in [1.54, 1.807) is 6.92 Å². The lowest BCUT2D eigenvalue weighted by Gasteiger charge is -2.33. The fourth-order valence-corrected chi connectivity index (χ4v) is 4.80. The van der Waals surface area contributed by atoms with E-state index < -0.39 is 6.17 Å². The maximum absolute atomic E-state index is 13.0. The molecule has 39 heavy (non-hydrogen) atoms. The Kier molecular flexibility index (Phi) is 7.57. The zero-order chi connectivity index (χ0) is 27.5. The number of halogens is 1. The molecule has 4 aromatic rings. The first kappa shape index (κ1) is 26.3. The topological polar surface area (TPSA) is 48.4 Å². The molecule has 0 radical (unpaired) electrons. The third kappa shape index (κ3) is 5.47. The van der Waals surface area contributed by atoms with E-state index in [0.29, 0.717) is 23.2 Å². The van der Waals surface area contributed by atoms with Gasteiger partial charge in [0.05, 0.1) is 5.69 Å². The van der Waals surface area contributed by atoms with Crippen molar-refractivity contribution in [1.29, 1.82) is 0 Å². The highest BCUT2D eigenvalue weighted by molar-refractivity contribution is 6.44. The molecule has 0 aromatic heterocycles. The summed E-state index contributed by atoms with van der Waals surface area (Å²) in [6, 6.07) is 31.8. The van der Waals surface area contributed by atoms with Crippen molar-refractivity contribution in [2.75, 3.05) is 28.9 Å². The number of rotatable bonds is 8. The number of carbonyl (C=O) groups excluding carboxylic acids is 1. The van der Waals surface area contributed by atoms with Crippen LogP contribution in [0.15, 0.2) is 102 Å².